The Bertz CT molecular complexity index is 4140. The average molecular weight is 841 g/mol. The maximum Gasteiger partial charge on any atom is 0.116 e. The van der Waals surface area contributed by atoms with Gasteiger partial charge in [0, 0.05) is 54.5 Å². The SMILES string of the molecule is c1ccc2nc3c(-n4c5ccccc5c5cc(-n6c7ccccc7c7ccccc76)ccc54)ccc(-n4c5ccccc5c5cc(-n6c7ccccc7c7ccccc76)ccc54)c3nc2c1. The molecule has 6 nitrogen and oxygen atoms in total. The molecule has 0 spiro atoms. The van der Waals surface area contributed by atoms with Gasteiger partial charge in [-0.2, -0.15) is 0 Å². The second-order valence-electron chi connectivity index (χ2n) is 17.4. The zero-order valence-electron chi connectivity index (χ0n) is 35.5. The lowest BCUT2D eigenvalue weighted by molar-refractivity contribution is 1.14. The molecule has 66 heavy (non-hydrogen) atoms. The van der Waals surface area contributed by atoms with Crippen molar-refractivity contribution in [3.05, 3.63) is 218 Å². The highest BCUT2D eigenvalue weighted by Crippen LogP contribution is 2.42. The summed E-state index contributed by atoms with van der Waals surface area (Å²) in [5.41, 5.74) is 16.8. The van der Waals surface area contributed by atoms with Crippen LogP contribution in [-0.4, -0.2) is 28.2 Å². The molecule has 5 heterocycles. The van der Waals surface area contributed by atoms with E-state index >= 15 is 0 Å². The lowest BCUT2D eigenvalue weighted by atomic mass is 10.1. The fourth-order valence-electron chi connectivity index (χ4n) is 11.2. The van der Waals surface area contributed by atoms with Crippen LogP contribution in [0.5, 0.6) is 0 Å². The van der Waals surface area contributed by atoms with Crippen LogP contribution in [0.4, 0.5) is 0 Å². The van der Waals surface area contributed by atoms with Crippen molar-refractivity contribution in [2.45, 2.75) is 0 Å². The molecule has 5 aromatic heterocycles. The van der Waals surface area contributed by atoms with Gasteiger partial charge in [0.25, 0.3) is 0 Å². The molecule has 0 unspecified atom stereocenters. The molecular weight excluding hydrogens is 805 g/mol. The Morgan fingerprint density at radius 1 is 0.227 bits per heavy atom. The summed E-state index contributed by atoms with van der Waals surface area (Å²) in [6, 6.07) is 78.9. The smallest absolute Gasteiger partial charge is 0.116 e. The van der Waals surface area contributed by atoms with Crippen molar-refractivity contribution in [2.24, 2.45) is 0 Å². The summed E-state index contributed by atoms with van der Waals surface area (Å²) in [5, 5.41) is 9.72. The van der Waals surface area contributed by atoms with E-state index in [-0.39, 0.29) is 0 Å². The molecule has 15 rings (SSSR count). The lowest BCUT2D eigenvalue weighted by Gasteiger charge is -2.16. The van der Waals surface area contributed by atoms with Crippen molar-refractivity contribution in [1.29, 1.82) is 0 Å². The molecular formula is C60H36N6. The minimum atomic E-state index is 0.841. The molecule has 306 valence electrons. The van der Waals surface area contributed by atoms with Gasteiger partial charge in [0.2, 0.25) is 0 Å². The van der Waals surface area contributed by atoms with E-state index in [4.69, 9.17) is 9.97 Å². The lowest BCUT2D eigenvalue weighted by Crippen LogP contribution is -2.03. The number of aromatic nitrogens is 6. The Kier molecular flexibility index (Phi) is 7.13. The summed E-state index contributed by atoms with van der Waals surface area (Å²) in [6.45, 7) is 0. The number of fused-ring (bicyclic) bond motifs is 14. The second kappa shape index (κ2) is 13.3. The third-order valence-corrected chi connectivity index (χ3v) is 13.9. The average Bonchev–Trinajstić information content (AvgIpc) is 4.10. The van der Waals surface area contributed by atoms with Gasteiger partial charge < -0.3 is 18.3 Å². The van der Waals surface area contributed by atoms with E-state index in [1.807, 2.05) is 12.1 Å². The highest BCUT2D eigenvalue weighted by atomic mass is 15.0. The Morgan fingerprint density at radius 3 is 0.848 bits per heavy atom. The van der Waals surface area contributed by atoms with Crippen LogP contribution in [0.1, 0.15) is 0 Å². The van der Waals surface area contributed by atoms with Crippen LogP contribution in [0.2, 0.25) is 0 Å². The summed E-state index contributed by atoms with van der Waals surface area (Å²) in [4.78, 5) is 11.0. The van der Waals surface area contributed by atoms with Crippen LogP contribution in [0, 0.1) is 0 Å². The van der Waals surface area contributed by atoms with E-state index < -0.39 is 0 Å². The maximum atomic E-state index is 5.51. The minimum Gasteiger partial charge on any atom is -0.309 e. The van der Waals surface area contributed by atoms with E-state index in [1.165, 1.54) is 65.2 Å². The molecule has 0 radical (unpaired) electrons. The van der Waals surface area contributed by atoms with Gasteiger partial charge >= 0.3 is 0 Å². The van der Waals surface area contributed by atoms with Gasteiger partial charge in [-0.15, -0.1) is 0 Å². The molecule has 0 atom stereocenters. The van der Waals surface area contributed by atoms with Crippen molar-refractivity contribution >= 4 is 109 Å². The highest BCUT2D eigenvalue weighted by Gasteiger charge is 2.23. The van der Waals surface area contributed by atoms with Gasteiger partial charge in [-0.3, -0.25) is 0 Å². The zero-order chi connectivity index (χ0) is 43.0. The van der Waals surface area contributed by atoms with Gasteiger partial charge in [-0.25, -0.2) is 9.97 Å². The summed E-state index contributed by atoms with van der Waals surface area (Å²) in [6.07, 6.45) is 0. The fourth-order valence-corrected chi connectivity index (χ4v) is 11.2. The van der Waals surface area contributed by atoms with Gasteiger partial charge in [0.15, 0.2) is 0 Å². The third kappa shape index (κ3) is 4.79. The van der Waals surface area contributed by atoms with E-state index in [2.05, 4.69) is 225 Å². The van der Waals surface area contributed by atoms with Crippen LogP contribution < -0.4 is 0 Å². The molecule has 0 aliphatic heterocycles. The van der Waals surface area contributed by atoms with Crippen molar-refractivity contribution in [2.75, 3.05) is 0 Å². The normalized spacial score (nSPS) is 12.2. The van der Waals surface area contributed by atoms with Crippen LogP contribution in [0.15, 0.2) is 218 Å². The Hall–Kier alpha value is -9.00. The van der Waals surface area contributed by atoms with E-state index in [9.17, 15) is 0 Å². The zero-order valence-corrected chi connectivity index (χ0v) is 35.5. The second-order valence-corrected chi connectivity index (χ2v) is 17.4. The quantitative estimate of drug-likeness (QED) is 0.166. The molecule has 6 heteroatoms. The first kappa shape index (κ1) is 35.5. The number of hydrogen-bond donors (Lipinski definition) is 0. The molecule has 10 aromatic carbocycles. The first-order valence-corrected chi connectivity index (χ1v) is 22.5. The maximum absolute atomic E-state index is 5.51. The van der Waals surface area contributed by atoms with E-state index in [1.54, 1.807) is 0 Å². The molecule has 0 saturated carbocycles. The summed E-state index contributed by atoms with van der Waals surface area (Å²) >= 11 is 0. The highest BCUT2D eigenvalue weighted by molar-refractivity contribution is 6.15. The summed E-state index contributed by atoms with van der Waals surface area (Å²) in [7, 11) is 0. The molecule has 0 fully saturated rings. The van der Waals surface area contributed by atoms with Crippen LogP contribution in [-0.2, 0) is 0 Å². The summed E-state index contributed by atoms with van der Waals surface area (Å²) < 4.78 is 9.57. The van der Waals surface area contributed by atoms with Crippen LogP contribution in [0.25, 0.3) is 132 Å². The van der Waals surface area contributed by atoms with Crippen LogP contribution >= 0.6 is 0 Å². The predicted octanol–water partition coefficient (Wildman–Crippen LogP) is 15.2. The Balaban J connectivity index is 0.982. The van der Waals surface area contributed by atoms with Gasteiger partial charge in [0.05, 0.1) is 66.5 Å². The van der Waals surface area contributed by atoms with Gasteiger partial charge in [-0.1, -0.05) is 121 Å². The Morgan fingerprint density at radius 2 is 0.500 bits per heavy atom. The monoisotopic (exact) mass is 840 g/mol. The minimum absolute atomic E-state index is 0.841. The molecule has 0 N–H and O–H groups in total. The number of benzene rings is 10. The predicted molar refractivity (Wildman–Crippen MR) is 274 cm³/mol. The largest absolute Gasteiger partial charge is 0.309 e. The van der Waals surface area contributed by atoms with Gasteiger partial charge in [0.1, 0.15) is 11.0 Å². The summed E-state index contributed by atoms with van der Waals surface area (Å²) in [5.74, 6) is 0. The number of hydrogen-bond acceptors (Lipinski definition) is 2. The third-order valence-electron chi connectivity index (χ3n) is 13.9. The van der Waals surface area contributed by atoms with Crippen molar-refractivity contribution < 1.29 is 0 Å². The first-order valence-electron chi connectivity index (χ1n) is 22.5. The molecule has 0 aliphatic rings. The van der Waals surface area contributed by atoms with Crippen molar-refractivity contribution in [3.63, 3.8) is 0 Å². The fraction of sp³-hybridized carbons (Fsp3) is 0. The molecule has 0 saturated heterocycles. The van der Waals surface area contributed by atoms with Crippen LogP contribution in [0.3, 0.4) is 0 Å². The topological polar surface area (TPSA) is 45.5 Å². The first-order chi connectivity index (χ1) is 32.8. The molecule has 0 aliphatic carbocycles. The van der Waals surface area contributed by atoms with E-state index in [0.29, 0.717) is 0 Å². The van der Waals surface area contributed by atoms with Crippen molar-refractivity contribution in [3.8, 4) is 22.7 Å². The Labute approximate surface area is 377 Å². The van der Waals surface area contributed by atoms with Gasteiger partial charge in [-0.05, 0) is 97.1 Å². The molecule has 0 amide bonds. The van der Waals surface area contributed by atoms with E-state index in [0.717, 1.165) is 66.9 Å². The molecule has 15 aromatic rings. The number of rotatable bonds is 4. The molecule has 0 bridgehead atoms. The standard InChI is InChI=1S/C60H36N6/c1-9-23-49-39(15-1)40-16-2-10-24-50(40)63(49)37-29-31-55-45(35-37)43-19-5-13-27-53(43)65(55)57-33-34-58(60-59(57)61-47-21-7-8-22-48(47)62-60)66-54-28-14-6-20-44(54)46-36-38(30-32-56(46)66)64-51-25-11-3-17-41(51)42-18-4-12-26-52(42)64/h1-36H. The number of nitrogens with zero attached hydrogens (tertiary/aromatic N) is 6. The van der Waals surface area contributed by atoms with Crippen molar-refractivity contribution in [1.82, 2.24) is 28.2 Å². The number of para-hydroxylation sites is 8.